The van der Waals surface area contributed by atoms with Crippen molar-refractivity contribution >= 4 is 5.91 Å². The van der Waals surface area contributed by atoms with Crippen LogP contribution in [0.2, 0.25) is 0 Å². The molecule has 19 heavy (non-hydrogen) atoms. The van der Waals surface area contributed by atoms with Crippen molar-refractivity contribution in [2.45, 2.75) is 26.7 Å². The van der Waals surface area contributed by atoms with Crippen LogP contribution in [0.1, 0.15) is 24.8 Å². The van der Waals surface area contributed by atoms with E-state index in [1.165, 1.54) is 0 Å². The first kappa shape index (κ1) is 13.3. The Hall–Kier alpha value is -2.17. The molecule has 0 saturated heterocycles. The average Bonchev–Trinajstić information content (AvgIpc) is 2.87. The molecule has 1 N–H and O–H groups in total. The van der Waals surface area contributed by atoms with Gasteiger partial charge in [-0.3, -0.25) is 4.79 Å². The Labute approximate surface area is 112 Å². The fourth-order valence-corrected chi connectivity index (χ4v) is 1.72. The molecule has 2 aromatic rings. The molecule has 100 valence electrons. The van der Waals surface area contributed by atoms with Crippen molar-refractivity contribution in [2.24, 2.45) is 0 Å². The number of aryl methyl sites for hydroxylation is 1. The molecule has 0 aliphatic heterocycles. The lowest BCUT2D eigenvalue weighted by atomic mass is 10.1. The van der Waals surface area contributed by atoms with Crippen LogP contribution in [-0.4, -0.2) is 22.6 Å². The van der Waals surface area contributed by atoms with Gasteiger partial charge in [-0.2, -0.15) is 4.98 Å². The number of rotatable bonds is 5. The van der Waals surface area contributed by atoms with Crippen LogP contribution in [0.3, 0.4) is 0 Å². The number of aromatic nitrogens is 2. The van der Waals surface area contributed by atoms with E-state index in [0.29, 0.717) is 31.1 Å². The van der Waals surface area contributed by atoms with E-state index in [1.807, 2.05) is 38.1 Å². The summed E-state index contributed by atoms with van der Waals surface area (Å²) in [6.45, 7) is 4.34. The number of nitrogens with one attached hydrogen (secondary N) is 1. The van der Waals surface area contributed by atoms with Crippen molar-refractivity contribution in [1.82, 2.24) is 15.5 Å². The predicted octanol–water partition coefficient (Wildman–Crippen LogP) is 2.11. The second-order valence-electron chi connectivity index (χ2n) is 4.28. The average molecular weight is 259 g/mol. The lowest BCUT2D eigenvalue weighted by Crippen LogP contribution is -2.24. The summed E-state index contributed by atoms with van der Waals surface area (Å²) in [4.78, 5) is 15.4. The first-order valence-electron chi connectivity index (χ1n) is 6.36. The van der Waals surface area contributed by atoms with Crippen LogP contribution in [-0.2, 0) is 11.2 Å². The van der Waals surface area contributed by atoms with Gasteiger partial charge in [0.1, 0.15) is 0 Å². The largest absolute Gasteiger partial charge is 0.356 e. The number of hydrogen-bond acceptors (Lipinski definition) is 4. The maximum Gasteiger partial charge on any atom is 0.228 e. The van der Waals surface area contributed by atoms with Crippen LogP contribution in [0.5, 0.6) is 0 Å². The molecule has 0 aliphatic carbocycles. The predicted molar refractivity (Wildman–Crippen MR) is 71.5 cm³/mol. The summed E-state index contributed by atoms with van der Waals surface area (Å²) in [5.74, 6) is 1.16. The third-order valence-electron chi connectivity index (χ3n) is 2.84. The van der Waals surface area contributed by atoms with Gasteiger partial charge in [0.25, 0.3) is 0 Å². The molecule has 1 heterocycles. The highest BCUT2D eigenvalue weighted by atomic mass is 16.5. The molecular weight excluding hydrogens is 242 g/mol. The van der Waals surface area contributed by atoms with Gasteiger partial charge in [0.15, 0.2) is 0 Å². The quantitative estimate of drug-likeness (QED) is 0.893. The minimum Gasteiger partial charge on any atom is -0.356 e. The van der Waals surface area contributed by atoms with Gasteiger partial charge in [-0.1, -0.05) is 36.3 Å². The second-order valence-corrected chi connectivity index (χ2v) is 4.28. The molecule has 1 aromatic heterocycles. The van der Waals surface area contributed by atoms with Gasteiger partial charge in [-0.15, -0.1) is 0 Å². The fraction of sp³-hybridized carbons (Fsp3) is 0.357. The SMILES string of the molecule is CCC(=O)NCCc1nc(-c2ccccc2C)no1. The van der Waals surface area contributed by atoms with Crippen LogP contribution in [0.25, 0.3) is 11.4 Å². The van der Waals surface area contributed by atoms with Crippen molar-refractivity contribution in [3.05, 3.63) is 35.7 Å². The lowest BCUT2D eigenvalue weighted by molar-refractivity contribution is -0.120. The van der Waals surface area contributed by atoms with E-state index in [9.17, 15) is 4.79 Å². The number of amides is 1. The molecule has 1 amide bonds. The zero-order valence-electron chi connectivity index (χ0n) is 11.1. The monoisotopic (exact) mass is 259 g/mol. The van der Waals surface area contributed by atoms with Crippen LogP contribution in [0.4, 0.5) is 0 Å². The highest BCUT2D eigenvalue weighted by Crippen LogP contribution is 2.19. The highest BCUT2D eigenvalue weighted by molar-refractivity contribution is 5.75. The molecule has 5 heteroatoms. The number of benzene rings is 1. The zero-order chi connectivity index (χ0) is 13.7. The molecule has 0 atom stereocenters. The Morgan fingerprint density at radius 3 is 2.89 bits per heavy atom. The van der Waals surface area contributed by atoms with Crippen LogP contribution < -0.4 is 5.32 Å². The first-order chi connectivity index (χ1) is 9.20. The van der Waals surface area contributed by atoms with Crippen molar-refractivity contribution in [1.29, 1.82) is 0 Å². The standard InChI is InChI=1S/C14H17N3O2/c1-3-12(18)15-9-8-13-16-14(17-19-13)11-7-5-4-6-10(11)2/h4-7H,3,8-9H2,1-2H3,(H,15,18). The van der Waals surface area contributed by atoms with Crippen molar-refractivity contribution < 1.29 is 9.32 Å². The first-order valence-corrected chi connectivity index (χ1v) is 6.36. The Morgan fingerprint density at radius 1 is 1.37 bits per heavy atom. The molecule has 0 unspecified atom stereocenters. The van der Waals surface area contributed by atoms with E-state index < -0.39 is 0 Å². The maximum atomic E-state index is 11.1. The lowest BCUT2D eigenvalue weighted by Gasteiger charge is -1.99. The highest BCUT2D eigenvalue weighted by Gasteiger charge is 2.10. The van der Waals surface area contributed by atoms with Crippen molar-refractivity contribution in [2.75, 3.05) is 6.54 Å². The number of carbonyl (C=O) groups is 1. The van der Waals surface area contributed by atoms with Gasteiger partial charge in [0, 0.05) is 24.9 Å². The molecule has 0 spiro atoms. The molecule has 1 aromatic carbocycles. The Kier molecular flexibility index (Phi) is 4.28. The Bertz CT molecular complexity index is 563. The van der Waals surface area contributed by atoms with Gasteiger partial charge in [0.2, 0.25) is 17.6 Å². The molecule has 0 saturated carbocycles. The Morgan fingerprint density at radius 2 is 2.16 bits per heavy atom. The summed E-state index contributed by atoms with van der Waals surface area (Å²) in [5.41, 5.74) is 2.07. The van der Waals surface area contributed by atoms with E-state index in [-0.39, 0.29) is 5.91 Å². The van der Waals surface area contributed by atoms with Crippen molar-refractivity contribution in [3.8, 4) is 11.4 Å². The van der Waals surface area contributed by atoms with E-state index in [2.05, 4.69) is 15.5 Å². The fourth-order valence-electron chi connectivity index (χ4n) is 1.72. The molecule has 0 fully saturated rings. The summed E-state index contributed by atoms with van der Waals surface area (Å²) in [6.07, 6.45) is 1.03. The molecule has 5 nitrogen and oxygen atoms in total. The number of carbonyl (C=O) groups excluding carboxylic acids is 1. The summed E-state index contributed by atoms with van der Waals surface area (Å²) in [6, 6.07) is 7.88. The Balaban J connectivity index is 2.00. The normalized spacial score (nSPS) is 10.4. The van der Waals surface area contributed by atoms with Gasteiger partial charge < -0.3 is 9.84 Å². The molecule has 0 bridgehead atoms. The smallest absolute Gasteiger partial charge is 0.228 e. The molecule has 2 rings (SSSR count). The van der Waals surface area contributed by atoms with E-state index in [0.717, 1.165) is 11.1 Å². The third-order valence-corrected chi connectivity index (χ3v) is 2.84. The summed E-state index contributed by atoms with van der Waals surface area (Å²) in [7, 11) is 0. The van der Waals surface area contributed by atoms with Crippen molar-refractivity contribution in [3.63, 3.8) is 0 Å². The summed E-state index contributed by atoms with van der Waals surface area (Å²) in [5, 5.41) is 6.74. The minimum absolute atomic E-state index is 0.0265. The van der Waals surface area contributed by atoms with Gasteiger partial charge in [-0.05, 0) is 12.5 Å². The van der Waals surface area contributed by atoms with Gasteiger partial charge in [0.05, 0.1) is 0 Å². The van der Waals surface area contributed by atoms with Crippen LogP contribution >= 0.6 is 0 Å². The van der Waals surface area contributed by atoms with Crippen LogP contribution in [0.15, 0.2) is 28.8 Å². The molecule has 0 radical (unpaired) electrons. The minimum atomic E-state index is 0.0265. The maximum absolute atomic E-state index is 11.1. The second kappa shape index (κ2) is 6.13. The van der Waals surface area contributed by atoms with E-state index in [1.54, 1.807) is 0 Å². The summed E-state index contributed by atoms with van der Waals surface area (Å²) < 4.78 is 5.18. The van der Waals surface area contributed by atoms with E-state index in [4.69, 9.17) is 4.52 Å². The number of nitrogens with zero attached hydrogens (tertiary/aromatic N) is 2. The van der Waals surface area contributed by atoms with Gasteiger partial charge >= 0.3 is 0 Å². The van der Waals surface area contributed by atoms with Crippen LogP contribution in [0, 0.1) is 6.92 Å². The third kappa shape index (κ3) is 3.40. The summed E-state index contributed by atoms with van der Waals surface area (Å²) >= 11 is 0. The molecular formula is C14H17N3O2. The van der Waals surface area contributed by atoms with E-state index >= 15 is 0 Å². The molecule has 0 aliphatic rings. The number of hydrogen-bond donors (Lipinski definition) is 1. The zero-order valence-corrected chi connectivity index (χ0v) is 11.1. The topological polar surface area (TPSA) is 68.0 Å². The van der Waals surface area contributed by atoms with Gasteiger partial charge in [-0.25, -0.2) is 0 Å².